The van der Waals surface area contributed by atoms with E-state index in [1.807, 2.05) is 13.8 Å². The molecule has 0 saturated carbocycles. The molecule has 1 amide bonds. The van der Waals surface area contributed by atoms with E-state index < -0.39 is 10.0 Å². The maximum atomic E-state index is 12.2. The zero-order valence-corrected chi connectivity index (χ0v) is 11.9. The fourth-order valence-electron chi connectivity index (χ4n) is 2.12. The predicted molar refractivity (Wildman–Crippen MR) is 73.5 cm³/mol. The Kier molecular flexibility index (Phi) is 3.91. The van der Waals surface area contributed by atoms with Crippen molar-refractivity contribution in [2.75, 3.05) is 5.32 Å². The topological polar surface area (TPSA) is 75.3 Å². The molecule has 0 saturated heterocycles. The molecule has 19 heavy (non-hydrogen) atoms. The Hall–Kier alpha value is -1.40. The van der Waals surface area contributed by atoms with E-state index in [1.165, 1.54) is 6.07 Å². The van der Waals surface area contributed by atoms with E-state index >= 15 is 0 Å². The molecule has 0 aromatic heterocycles. The number of fused-ring (bicyclic) bond motifs is 1. The van der Waals surface area contributed by atoms with Crippen molar-refractivity contribution in [2.45, 2.75) is 44.0 Å². The number of amides is 1. The molecule has 1 aliphatic rings. The molecule has 0 radical (unpaired) electrons. The second kappa shape index (κ2) is 5.30. The zero-order valence-electron chi connectivity index (χ0n) is 11.1. The average Bonchev–Trinajstić information content (AvgIpc) is 2.74. The molecule has 0 spiro atoms. The molecule has 2 rings (SSSR count). The van der Waals surface area contributed by atoms with Crippen molar-refractivity contribution in [3.05, 3.63) is 23.8 Å². The molecule has 1 aromatic carbocycles. The number of hydrogen-bond donors (Lipinski definition) is 2. The van der Waals surface area contributed by atoms with Crippen LogP contribution in [0.15, 0.2) is 23.1 Å². The van der Waals surface area contributed by atoms with Crippen molar-refractivity contribution in [3.8, 4) is 0 Å². The monoisotopic (exact) mass is 282 g/mol. The minimum absolute atomic E-state index is 0.0574. The molecule has 0 atom stereocenters. The summed E-state index contributed by atoms with van der Waals surface area (Å²) in [6.45, 7) is 3.89. The Balaban J connectivity index is 2.27. The fraction of sp³-hybridized carbons (Fsp3) is 0.462. The second-order valence-electron chi connectivity index (χ2n) is 4.68. The van der Waals surface area contributed by atoms with Gasteiger partial charge in [0.1, 0.15) is 0 Å². The Morgan fingerprint density at radius 2 is 2.00 bits per heavy atom. The summed E-state index contributed by atoms with van der Waals surface area (Å²) >= 11 is 0. The maximum absolute atomic E-state index is 12.2. The summed E-state index contributed by atoms with van der Waals surface area (Å²) in [6.07, 6.45) is 1.74. The summed E-state index contributed by atoms with van der Waals surface area (Å²) in [4.78, 5) is 11.5. The molecule has 0 aliphatic carbocycles. The third-order valence-corrected chi connectivity index (χ3v) is 4.84. The molecule has 0 unspecified atom stereocenters. The van der Waals surface area contributed by atoms with Gasteiger partial charge < -0.3 is 5.32 Å². The first-order chi connectivity index (χ1) is 8.96. The molecule has 5 nitrogen and oxygen atoms in total. The third kappa shape index (κ3) is 2.96. The van der Waals surface area contributed by atoms with E-state index in [-0.39, 0.29) is 23.3 Å². The van der Waals surface area contributed by atoms with Crippen LogP contribution in [0.2, 0.25) is 0 Å². The normalized spacial score (nSPS) is 14.6. The SMILES string of the molecule is CCC(CC)NS(=O)(=O)c1ccc2c(c1)CC(=O)N2. The van der Waals surface area contributed by atoms with Crippen LogP contribution < -0.4 is 10.0 Å². The summed E-state index contributed by atoms with van der Waals surface area (Å²) in [5.41, 5.74) is 1.43. The number of hydrogen-bond acceptors (Lipinski definition) is 3. The van der Waals surface area contributed by atoms with Crippen molar-refractivity contribution in [3.63, 3.8) is 0 Å². The molecule has 1 heterocycles. The number of anilines is 1. The van der Waals surface area contributed by atoms with Gasteiger partial charge in [-0.3, -0.25) is 4.79 Å². The van der Waals surface area contributed by atoms with Crippen LogP contribution in [0.4, 0.5) is 5.69 Å². The van der Waals surface area contributed by atoms with Crippen LogP contribution >= 0.6 is 0 Å². The number of carbonyl (C=O) groups excluding carboxylic acids is 1. The quantitative estimate of drug-likeness (QED) is 0.862. The number of nitrogens with one attached hydrogen (secondary N) is 2. The van der Waals surface area contributed by atoms with E-state index in [9.17, 15) is 13.2 Å². The number of sulfonamides is 1. The van der Waals surface area contributed by atoms with Gasteiger partial charge in [-0.25, -0.2) is 13.1 Å². The van der Waals surface area contributed by atoms with E-state index in [1.54, 1.807) is 12.1 Å². The first kappa shape index (κ1) is 14.0. The summed E-state index contributed by atoms with van der Waals surface area (Å²) in [5.74, 6) is -0.0995. The lowest BCUT2D eigenvalue weighted by Gasteiger charge is -2.15. The molecule has 1 aromatic rings. The molecule has 2 N–H and O–H groups in total. The van der Waals surface area contributed by atoms with E-state index in [2.05, 4.69) is 10.0 Å². The fourth-order valence-corrected chi connectivity index (χ4v) is 3.57. The summed E-state index contributed by atoms with van der Waals surface area (Å²) in [6, 6.07) is 4.67. The Labute approximate surface area is 113 Å². The molecule has 104 valence electrons. The first-order valence-corrected chi connectivity index (χ1v) is 7.89. The number of benzene rings is 1. The highest BCUT2D eigenvalue weighted by Gasteiger charge is 2.23. The zero-order chi connectivity index (χ0) is 14.0. The van der Waals surface area contributed by atoms with Crippen molar-refractivity contribution >= 4 is 21.6 Å². The van der Waals surface area contributed by atoms with Gasteiger partial charge in [0.05, 0.1) is 11.3 Å². The highest BCUT2D eigenvalue weighted by atomic mass is 32.2. The van der Waals surface area contributed by atoms with E-state index in [4.69, 9.17) is 0 Å². The van der Waals surface area contributed by atoms with Crippen LogP contribution in [0.3, 0.4) is 0 Å². The smallest absolute Gasteiger partial charge is 0.240 e. The van der Waals surface area contributed by atoms with Crippen LogP contribution in [-0.4, -0.2) is 20.4 Å². The van der Waals surface area contributed by atoms with Gasteiger partial charge in [0.15, 0.2) is 0 Å². The van der Waals surface area contributed by atoms with Gasteiger partial charge in [0, 0.05) is 11.7 Å². The van der Waals surface area contributed by atoms with Crippen LogP contribution in [-0.2, 0) is 21.2 Å². The molecular weight excluding hydrogens is 264 g/mol. The number of carbonyl (C=O) groups is 1. The van der Waals surface area contributed by atoms with Gasteiger partial charge >= 0.3 is 0 Å². The highest BCUT2D eigenvalue weighted by molar-refractivity contribution is 7.89. The standard InChI is InChI=1S/C13H18N2O3S/c1-3-10(4-2)15-19(17,18)11-5-6-12-9(7-11)8-13(16)14-12/h5-7,10,15H,3-4,8H2,1-2H3,(H,14,16). The lowest BCUT2D eigenvalue weighted by molar-refractivity contribution is -0.115. The van der Waals surface area contributed by atoms with Gasteiger partial charge in [-0.1, -0.05) is 13.8 Å². The van der Waals surface area contributed by atoms with Crippen LogP contribution in [0.25, 0.3) is 0 Å². The van der Waals surface area contributed by atoms with Crippen LogP contribution in [0.5, 0.6) is 0 Å². The summed E-state index contributed by atoms with van der Waals surface area (Å²) < 4.78 is 27.1. The lowest BCUT2D eigenvalue weighted by atomic mass is 10.2. The Morgan fingerprint density at radius 3 is 2.63 bits per heavy atom. The first-order valence-electron chi connectivity index (χ1n) is 6.41. The van der Waals surface area contributed by atoms with Crippen molar-refractivity contribution in [1.29, 1.82) is 0 Å². The summed E-state index contributed by atoms with van der Waals surface area (Å²) in [7, 11) is -3.51. The number of rotatable bonds is 5. The molecular formula is C13H18N2O3S. The van der Waals surface area contributed by atoms with Crippen LogP contribution in [0.1, 0.15) is 32.3 Å². The van der Waals surface area contributed by atoms with Crippen molar-refractivity contribution in [1.82, 2.24) is 4.72 Å². The highest BCUT2D eigenvalue weighted by Crippen LogP contribution is 2.25. The molecule has 0 fully saturated rings. The maximum Gasteiger partial charge on any atom is 0.240 e. The van der Waals surface area contributed by atoms with Gasteiger partial charge in [0.25, 0.3) is 0 Å². The second-order valence-corrected chi connectivity index (χ2v) is 6.39. The van der Waals surface area contributed by atoms with Crippen LogP contribution in [0, 0.1) is 0 Å². The Bertz CT molecular complexity index is 592. The lowest BCUT2D eigenvalue weighted by Crippen LogP contribution is -2.33. The molecule has 0 bridgehead atoms. The minimum atomic E-state index is -3.51. The Morgan fingerprint density at radius 1 is 1.32 bits per heavy atom. The van der Waals surface area contributed by atoms with Crippen molar-refractivity contribution in [2.24, 2.45) is 0 Å². The molecule has 6 heteroatoms. The van der Waals surface area contributed by atoms with Gasteiger partial charge in [-0.05, 0) is 36.6 Å². The largest absolute Gasteiger partial charge is 0.326 e. The van der Waals surface area contributed by atoms with Gasteiger partial charge in [-0.2, -0.15) is 0 Å². The minimum Gasteiger partial charge on any atom is -0.326 e. The van der Waals surface area contributed by atoms with Gasteiger partial charge in [0.2, 0.25) is 15.9 Å². The average molecular weight is 282 g/mol. The van der Waals surface area contributed by atoms with Crippen molar-refractivity contribution < 1.29 is 13.2 Å². The predicted octanol–water partition coefficient (Wildman–Crippen LogP) is 1.65. The summed E-state index contributed by atoms with van der Waals surface area (Å²) in [5, 5.41) is 2.68. The molecule has 1 aliphatic heterocycles. The van der Waals surface area contributed by atoms with Gasteiger partial charge in [-0.15, -0.1) is 0 Å². The third-order valence-electron chi connectivity index (χ3n) is 3.32. The van der Waals surface area contributed by atoms with E-state index in [0.29, 0.717) is 5.69 Å². The van der Waals surface area contributed by atoms with E-state index in [0.717, 1.165) is 18.4 Å².